The first kappa shape index (κ1) is 16.1. The Morgan fingerprint density at radius 1 is 1.10 bits per heavy atom. The summed E-state index contributed by atoms with van der Waals surface area (Å²) in [6.07, 6.45) is 0. The van der Waals surface area contributed by atoms with Crippen LogP contribution in [0.2, 0.25) is 0 Å². The fourth-order valence-corrected chi connectivity index (χ4v) is 6.29. The Morgan fingerprint density at radius 2 is 1.67 bits per heavy atom. The quantitative estimate of drug-likeness (QED) is 0.523. The van der Waals surface area contributed by atoms with Gasteiger partial charge in [0.05, 0.1) is 15.8 Å². The number of halogens is 4. The number of alkyl halides is 2. The van der Waals surface area contributed by atoms with Gasteiger partial charge < -0.3 is 9.47 Å². The zero-order chi connectivity index (χ0) is 15.4. The van der Waals surface area contributed by atoms with E-state index in [1.54, 1.807) is 14.2 Å². The van der Waals surface area contributed by atoms with Crippen molar-refractivity contribution in [1.29, 1.82) is 0 Å². The molecule has 21 heavy (non-hydrogen) atoms. The van der Waals surface area contributed by atoms with Crippen molar-refractivity contribution < 1.29 is 9.47 Å². The van der Waals surface area contributed by atoms with Gasteiger partial charge in [0.25, 0.3) is 0 Å². The lowest BCUT2D eigenvalue weighted by atomic mass is 9.86. The molecule has 1 fully saturated rings. The van der Waals surface area contributed by atoms with Crippen LogP contribution in [0, 0.1) is 5.92 Å². The second-order valence-electron chi connectivity index (χ2n) is 5.27. The third-order valence-corrected chi connectivity index (χ3v) is 7.89. The second-order valence-corrected chi connectivity index (χ2v) is 7.63. The van der Waals surface area contributed by atoms with Gasteiger partial charge in [0, 0.05) is 25.2 Å². The molecule has 6 heteroatoms. The molecule has 2 aliphatic rings. The lowest BCUT2D eigenvalue weighted by Gasteiger charge is -2.38. The Bertz CT molecular complexity index is 588. The van der Waals surface area contributed by atoms with Crippen molar-refractivity contribution >= 4 is 50.7 Å². The lowest BCUT2D eigenvalue weighted by molar-refractivity contribution is -0.224. The van der Waals surface area contributed by atoms with Gasteiger partial charge in [-0.15, -0.1) is 11.6 Å². The minimum Gasteiger partial charge on any atom is -0.351 e. The van der Waals surface area contributed by atoms with Gasteiger partial charge in [0.1, 0.15) is 4.87 Å². The monoisotopic (exact) mass is 410 g/mol. The van der Waals surface area contributed by atoms with Gasteiger partial charge in [-0.3, -0.25) is 0 Å². The van der Waals surface area contributed by atoms with E-state index in [4.69, 9.17) is 44.3 Å². The van der Waals surface area contributed by atoms with Gasteiger partial charge in [-0.2, -0.15) is 0 Å². The predicted molar refractivity (Wildman–Crippen MR) is 89.5 cm³/mol. The highest BCUT2D eigenvalue weighted by Gasteiger charge is 2.77. The number of methoxy groups -OCH3 is 2. The van der Waals surface area contributed by atoms with Crippen LogP contribution < -0.4 is 0 Å². The first-order chi connectivity index (χ1) is 9.95. The number of fused-ring (bicyclic) bond motifs is 2. The molecule has 0 heterocycles. The Kier molecular flexibility index (Phi) is 4.14. The average Bonchev–Trinajstić information content (AvgIpc) is 2.82. The van der Waals surface area contributed by atoms with Crippen LogP contribution in [0.5, 0.6) is 0 Å². The molecule has 0 N–H and O–H groups in total. The molecule has 0 radical (unpaired) electrons. The molecule has 0 aliphatic heterocycles. The molecule has 2 nitrogen and oxygen atoms in total. The highest BCUT2D eigenvalue weighted by atomic mass is 79.9. The van der Waals surface area contributed by atoms with Crippen LogP contribution in [0.3, 0.4) is 0 Å². The molecule has 2 aliphatic carbocycles. The highest BCUT2D eigenvalue weighted by molar-refractivity contribution is 9.09. The zero-order valence-corrected chi connectivity index (χ0v) is 15.3. The molecule has 0 saturated heterocycles. The van der Waals surface area contributed by atoms with Crippen LogP contribution in [0.15, 0.2) is 40.4 Å². The Morgan fingerprint density at radius 3 is 2.14 bits per heavy atom. The molecule has 4 atom stereocenters. The van der Waals surface area contributed by atoms with Gasteiger partial charge >= 0.3 is 0 Å². The lowest BCUT2D eigenvalue weighted by Crippen LogP contribution is -2.52. The van der Waals surface area contributed by atoms with E-state index in [-0.39, 0.29) is 16.7 Å². The number of ether oxygens (including phenoxy) is 2. The molecule has 1 aromatic carbocycles. The van der Waals surface area contributed by atoms with Gasteiger partial charge in [-0.1, -0.05) is 69.5 Å². The Labute approximate surface area is 147 Å². The third kappa shape index (κ3) is 1.79. The van der Waals surface area contributed by atoms with Crippen LogP contribution in [0.1, 0.15) is 11.5 Å². The fourth-order valence-electron chi connectivity index (χ4n) is 3.65. The summed E-state index contributed by atoms with van der Waals surface area (Å²) in [6.45, 7) is 0. The minimum atomic E-state index is -1.09. The van der Waals surface area contributed by atoms with Crippen LogP contribution in [-0.2, 0) is 9.47 Å². The van der Waals surface area contributed by atoms with Gasteiger partial charge in [-0.25, -0.2) is 0 Å². The number of rotatable bonds is 3. The van der Waals surface area contributed by atoms with Crippen LogP contribution >= 0.6 is 50.7 Å². The van der Waals surface area contributed by atoms with Crippen molar-refractivity contribution in [2.45, 2.75) is 21.4 Å². The van der Waals surface area contributed by atoms with Crippen molar-refractivity contribution in [3.05, 3.63) is 46.0 Å². The molecule has 0 unspecified atom stereocenters. The number of hydrogen-bond acceptors (Lipinski definition) is 2. The SMILES string of the molecule is COC1(OC)[C@@H]2C(Cl)=C(Cl)[C@@]1(Cl)[C@@H](Br)[C@H]2c1ccccc1. The minimum absolute atomic E-state index is 0.0126. The first-order valence-corrected chi connectivity index (χ1v) is 8.54. The van der Waals surface area contributed by atoms with E-state index in [1.807, 2.05) is 30.3 Å². The number of hydrogen-bond donors (Lipinski definition) is 0. The van der Waals surface area contributed by atoms with Crippen molar-refractivity contribution in [3.63, 3.8) is 0 Å². The van der Waals surface area contributed by atoms with Crippen LogP contribution in [-0.4, -0.2) is 29.7 Å². The maximum Gasteiger partial charge on any atom is 0.201 e. The van der Waals surface area contributed by atoms with Crippen LogP contribution in [0.25, 0.3) is 0 Å². The van der Waals surface area contributed by atoms with Gasteiger partial charge in [0.2, 0.25) is 5.79 Å². The molecule has 114 valence electrons. The number of benzene rings is 1. The molecular formula is C15H14BrCl3O2. The molecule has 3 rings (SSSR count). The molecule has 0 spiro atoms. The third-order valence-electron chi connectivity index (χ3n) is 4.56. The summed E-state index contributed by atoms with van der Waals surface area (Å²) >= 11 is 23.5. The van der Waals surface area contributed by atoms with E-state index in [1.165, 1.54) is 0 Å². The maximum absolute atomic E-state index is 6.89. The van der Waals surface area contributed by atoms with Crippen molar-refractivity contribution in [2.75, 3.05) is 14.2 Å². The summed E-state index contributed by atoms with van der Waals surface area (Å²) in [6, 6.07) is 10.0. The predicted octanol–water partition coefficient (Wildman–Crippen LogP) is 4.83. The maximum atomic E-state index is 6.89. The zero-order valence-electron chi connectivity index (χ0n) is 11.4. The summed E-state index contributed by atoms with van der Waals surface area (Å²) in [5.74, 6) is -1.33. The summed E-state index contributed by atoms with van der Waals surface area (Å²) in [5.41, 5.74) is 1.12. The summed E-state index contributed by atoms with van der Waals surface area (Å²) in [5, 5.41) is 0.911. The van der Waals surface area contributed by atoms with Crippen molar-refractivity contribution in [3.8, 4) is 0 Å². The summed E-state index contributed by atoms with van der Waals surface area (Å²) in [4.78, 5) is -1.21. The van der Waals surface area contributed by atoms with Gasteiger partial charge in [0.15, 0.2) is 0 Å². The Balaban J connectivity index is 2.21. The Hall–Kier alpha value is 0.230. The summed E-state index contributed by atoms with van der Waals surface area (Å²) < 4.78 is 11.4. The highest BCUT2D eigenvalue weighted by Crippen LogP contribution is 2.71. The average molecular weight is 413 g/mol. The topological polar surface area (TPSA) is 18.5 Å². The molecular weight excluding hydrogens is 398 g/mol. The molecule has 2 bridgehead atoms. The van der Waals surface area contributed by atoms with E-state index in [2.05, 4.69) is 15.9 Å². The van der Waals surface area contributed by atoms with E-state index in [9.17, 15) is 0 Å². The molecule has 1 saturated carbocycles. The smallest absolute Gasteiger partial charge is 0.201 e. The van der Waals surface area contributed by atoms with E-state index < -0.39 is 10.7 Å². The normalized spacial score (nSPS) is 37.3. The van der Waals surface area contributed by atoms with Crippen molar-refractivity contribution in [1.82, 2.24) is 0 Å². The van der Waals surface area contributed by atoms with E-state index in [0.29, 0.717) is 10.1 Å². The molecule has 0 aromatic heterocycles. The molecule has 1 aromatic rings. The largest absolute Gasteiger partial charge is 0.351 e. The standard InChI is InChI=1S/C15H14BrCl3O2/c1-20-15(21-2)10-9(8-6-4-3-5-7-8)12(16)14(15,19)13(18)11(10)17/h3-7,9-10,12H,1-2H3/t9-,10-,12-,14-/m0/s1. The summed E-state index contributed by atoms with van der Waals surface area (Å²) in [7, 11) is 3.14. The van der Waals surface area contributed by atoms with E-state index >= 15 is 0 Å². The van der Waals surface area contributed by atoms with Crippen LogP contribution in [0.4, 0.5) is 0 Å². The second kappa shape index (κ2) is 5.40. The first-order valence-electron chi connectivity index (χ1n) is 6.49. The van der Waals surface area contributed by atoms with Gasteiger partial charge in [-0.05, 0) is 5.56 Å². The molecule has 0 amide bonds. The van der Waals surface area contributed by atoms with E-state index in [0.717, 1.165) is 5.56 Å². The fraction of sp³-hybridized carbons (Fsp3) is 0.467. The van der Waals surface area contributed by atoms with Crippen molar-refractivity contribution in [2.24, 2.45) is 5.92 Å².